The molecule has 7 heteroatoms. The molecule has 1 aliphatic rings. The van der Waals surface area contributed by atoms with E-state index in [2.05, 4.69) is 66.8 Å². The van der Waals surface area contributed by atoms with Crippen LogP contribution in [0.15, 0.2) is 18.2 Å². The van der Waals surface area contributed by atoms with Crippen LogP contribution in [0.5, 0.6) is 0 Å². The molecule has 1 rings (SSSR count). The van der Waals surface area contributed by atoms with Gasteiger partial charge in [0.15, 0.2) is 0 Å². The summed E-state index contributed by atoms with van der Waals surface area (Å²) in [7, 11) is -0.931. The zero-order valence-corrected chi connectivity index (χ0v) is 30.7. The van der Waals surface area contributed by atoms with Crippen LogP contribution in [0.25, 0.3) is 0 Å². The fraction of sp³-hybridized carbons (Fsp3) is 0.739. The van der Waals surface area contributed by atoms with E-state index in [1.807, 2.05) is 12.2 Å². The van der Waals surface area contributed by atoms with Crippen LogP contribution in [0.4, 0.5) is 0 Å². The van der Waals surface area contributed by atoms with Crippen molar-refractivity contribution in [2.24, 2.45) is 0 Å². The first-order valence-electron chi connectivity index (χ1n) is 10.6. The van der Waals surface area contributed by atoms with Gasteiger partial charge in [-0.1, -0.05) is 92.4 Å². The molecule has 0 aliphatic heterocycles. The fourth-order valence-electron chi connectivity index (χ4n) is 2.13. The zero-order chi connectivity index (χ0) is 21.3. The summed E-state index contributed by atoms with van der Waals surface area (Å²) in [5, 5.41) is 0. The quantitative estimate of drug-likeness (QED) is 0.135. The van der Waals surface area contributed by atoms with Crippen molar-refractivity contribution in [3.63, 3.8) is 0 Å². The zero-order valence-electron chi connectivity index (χ0n) is 21.9. The maximum Gasteiger partial charge on any atom is 3.00 e. The summed E-state index contributed by atoms with van der Waals surface area (Å²) in [4.78, 5) is 0. The Morgan fingerprint density at radius 1 is 0.867 bits per heavy atom. The molecular weight excluding hydrogens is 551 g/mol. The maximum atomic E-state index is 6.03. The molecule has 0 N–H and O–H groups in total. The Bertz CT molecular complexity index is 367. The molecule has 0 fully saturated rings. The van der Waals surface area contributed by atoms with Gasteiger partial charge >= 0.3 is 26.2 Å². The van der Waals surface area contributed by atoms with E-state index in [-0.39, 0.29) is 76.3 Å². The van der Waals surface area contributed by atoms with Gasteiger partial charge in [0.25, 0.3) is 0 Å². The second-order valence-electron chi connectivity index (χ2n) is 8.81. The average molecular weight is 602 g/mol. The van der Waals surface area contributed by atoms with Crippen LogP contribution in [0.2, 0.25) is 34.5 Å². The molecule has 0 aromatic rings. The molecule has 0 spiro atoms. The molecule has 0 atom stereocenters. The molecular formula is C23H51Cl2Si4Zr. The van der Waals surface area contributed by atoms with Crippen molar-refractivity contribution in [3.05, 3.63) is 39.2 Å². The standard InChI is InChI=1S/2C8H20ClSi2.C5H5.2CH3.Zr/c2*1-5-6-7-11(4)8(2,3)10-9;1-2-4-5-3-1;;;/h2*5-7,10H2,1-4H3;1-3H,4H2;2*1H3;/q;;3*-1;+3. The smallest absolute Gasteiger partial charge is 0.358 e. The fourth-order valence-corrected chi connectivity index (χ4v) is 12.2. The van der Waals surface area contributed by atoms with Crippen LogP contribution in [0.3, 0.4) is 0 Å². The summed E-state index contributed by atoms with van der Waals surface area (Å²) in [5.74, 6) is 0. The minimum atomic E-state index is -0.316. The molecule has 0 aromatic heterocycles. The van der Waals surface area contributed by atoms with Crippen LogP contribution in [-0.2, 0) is 26.2 Å². The van der Waals surface area contributed by atoms with E-state index >= 15 is 0 Å². The van der Waals surface area contributed by atoms with Gasteiger partial charge in [0, 0.05) is 17.6 Å². The molecule has 0 bridgehead atoms. The van der Waals surface area contributed by atoms with Crippen molar-refractivity contribution >= 4 is 57.4 Å². The van der Waals surface area contributed by atoms with E-state index < -0.39 is 0 Å². The number of rotatable bonds is 10. The second kappa shape index (κ2) is 25.4. The van der Waals surface area contributed by atoms with E-state index in [1.54, 1.807) is 0 Å². The van der Waals surface area contributed by atoms with Gasteiger partial charge in [0.1, 0.15) is 17.7 Å². The number of halogens is 2. The van der Waals surface area contributed by atoms with Crippen LogP contribution in [0.1, 0.15) is 73.6 Å². The molecule has 0 aromatic carbocycles. The molecule has 0 nitrogen and oxygen atoms in total. The average Bonchev–Trinajstić information content (AvgIpc) is 3.24. The van der Waals surface area contributed by atoms with Gasteiger partial charge in [-0.05, 0) is 9.32 Å². The Hall–Kier alpha value is 1.81. The van der Waals surface area contributed by atoms with Crippen molar-refractivity contribution in [1.29, 1.82) is 0 Å². The molecule has 177 valence electrons. The minimum Gasteiger partial charge on any atom is -0.358 e. The third kappa shape index (κ3) is 23.0. The molecule has 0 saturated carbocycles. The van der Waals surface area contributed by atoms with E-state index in [9.17, 15) is 0 Å². The first kappa shape index (κ1) is 42.0. The SMILES string of the molecule is CCCC[Si](C)C(C)(C)[SiH2]Cl.CCCC[Si](C)C(C)(C)[SiH2]Cl.[C-]1=CC=CC1.[CH3-].[CH3-].[Zr+3]. The normalized spacial score (nSPS) is 12.9. The van der Waals surface area contributed by atoms with Gasteiger partial charge in [-0.2, -0.15) is 28.2 Å². The predicted molar refractivity (Wildman–Crippen MR) is 154 cm³/mol. The first-order chi connectivity index (χ1) is 12.6. The van der Waals surface area contributed by atoms with Crippen molar-refractivity contribution in [2.75, 3.05) is 0 Å². The van der Waals surface area contributed by atoms with Crippen LogP contribution in [-0.4, -0.2) is 35.3 Å². The van der Waals surface area contributed by atoms with Crippen molar-refractivity contribution in [2.45, 2.75) is 108 Å². The molecule has 1 aliphatic carbocycles. The summed E-state index contributed by atoms with van der Waals surface area (Å²) >= 11 is 12.1. The number of allylic oxidation sites excluding steroid dienone is 4. The first-order valence-corrected chi connectivity index (χ1v) is 20.7. The maximum absolute atomic E-state index is 6.03. The van der Waals surface area contributed by atoms with E-state index in [0.717, 1.165) is 6.42 Å². The predicted octanol–water partition coefficient (Wildman–Crippen LogP) is 8.15. The summed E-state index contributed by atoms with van der Waals surface area (Å²) < 4.78 is 1.11. The number of hydrogen-bond donors (Lipinski definition) is 0. The second-order valence-corrected chi connectivity index (χ2v) is 22.7. The van der Waals surface area contributed by atoms with E-state index in [4.69, 9.17) is 22.2 Å². The van der Waals surface area contributed by atoms with Crippen molar-refractivity contribution < 1.29 is 26.2 Å². The van der Waals surface area contributed by atoms with Gasteiger partial charge in [-0.3, -0.25) is 6.08 Å². The van der Waals surface area contributed by atoms with Crippen LogP contribution in [0, 0.1) is 20.9 Å². The third-order valence-corrected chi connectivity index (χ3v) is 23.6. The molecule has 0 heterocycles. The Kier molecular flexibility index (Phi) is 35.6. The van der Waals surface area contributed by atoms with Crippen molar-refractivity contribution in [1.82, 2.24) is 0 Å². The van der Waals surface area contributed by atoms with Crippen LogP contribution >= 0.6 is 22.2 Å². The van der Waals surface area contributed by atoms with Gasteiger partial charge in [-0.25, -0.2) is 12.2 Å². The largest absolute Gasteiger partial charge is 3.00 e. The summed E-state index contributed by atoms with van der Waals surface area (Å²) in [6, 6.07) is 2.90. The molecule has 3 radical (unpaired) electrons. The third-order valence-electron chi connectivity index (χ3n) is 5.38. The number of unbranched alkanes of at least 4 members (excludes halogenated alkanes) is 2. The summed E-state index contributed by atoms with van der Waals surface area (Å²) in [6.07, 6.45) is 15.5. The van der Waals surface area contributed by atoms with Gasteiger partial charge in [0.05, 0.1) is 0 Å². The molecule has 0 saturated heterocycles. The summed E-state index contributed by atoms with van der Waals surface area (Å²) in [5.41, 5.74) is 0. The number of hydrogen-bond acceptors (Lipinski definition) is 0. The Labute approximate surface area is 229 Å². The topological polar surface area (TPSA) is 0 Å². The minimum absolute atomic E-state index is 0. The van der Waals surface area contributed by atoms with E-state index in [1.165, 1.54) is 37.8 Å². The Balaban J connectivity index is -0.000000104. The van der Waals surface area contributed by atoms with Crippen molar-refractivity contribution in [3.8, 4) is 0 Å². The Morgan fingerprint density at radius 3 is 1.40 bits per heavy atom. The monoisotopic (exact) mass is 599 g/mol. The van der Waals surface area contributed by atoms with Gasteiger partial charge in [-0.15, -0.1) is 6.42 Å². The van der Waals surface area contributed by atoms with Gasteiger partial charge < -0.3 is 14.9 Å². The molecule has 0 amide bonds. The Morgan fingerprint density at radius 2 is 1.23 bits per heavy atom. The van der Waals surface area contributed by atoms with E-state index in [0.29, 0.717) is 9.32 Å². The van der Waals surface area contributed by atoms with Crippen LogP contribution < -0.4 is 0 Å². The van der Waals surface area contributed by atoms with Gasteiger partial charge in [0.2, 0.25) is 0 Å². The molecule has 30 heavy (non-hydrogen) atoms. The molecule has 0 unspecified atom stereocenters. The summed E-state index contributed by atoms with van der Waals surface area (Å²) in [6.45, 7) is 18.8.